The van der Waals surface area contributed by atoms with Gasteiger partial charge in [0.05, 0.1) is 11.6 Å². The van der Waals surface area contributed by atoms with Gasteiger partial charge in [0.2, 0.25) is 0 Å². The molecule has 28 heavy (non-hydrogen) atoms. The van der Waals surface area contributed by atoms with Crippen molar-refractivity contribution in [3.8, 4) is 0 Å². The largest absolute Gasteiger partial charge is 0.292 e. The van der Waals surface area contributed by atoms with E-state index >= 15 is 0 Å². The molecule has 0 radical (unpaired) electrons. The zero-order valence-electron chi connectivity index (χ0n) is 15.6. The zero-order valence-corrected chi connectivity index (χ0v) is 17.9. The Labute approximate surface area is 180 Å². The maximum Gasteiger partial charge on any atom is 0.132 e. The standard InChI is InChI=1S/C22H24ClFN2S2/c1-2-3-9-21(23)22(24)17-26(14-15-27-19-7-5-4-6-8-19)16-18-10-12-20(28-25)13-11-18/h2-13H,1,14-17,25H2/b9-3-,22-21+. The molecule has 0 saturated heterocycles. The summed E-state index contributed by atoms with van der Waals surface area (Å²) < 4.78 is 14.5. The van der Waals surface area contributed by atoms with Gasteiger partial charge in [-0.25, -0.2) is 4.39 Å². The minimum absolute atomic E-state index is 0.107. The van der Waals surface area contributed by atoms with Crippen molar-refractivity contribution in [2.24, 2.45) is 5.14 Å². The minimum Gasteiger partial charge on any atom is -0.292 e. The van der Waals surface area contributed by atoms with Crippen molar-refractivity contribution in [1.29, 1.82) is 0 Å². The molecule has 0 saturated carbocycles. The van der Waals surface area contributed by atoms with Gasteiger partial charge in [-0.15, -0.1) is 11.8 Å². The van der Waals surface area contributed by atoms with E-state index in [1.54, 1.807) is 23.9 Å². The Morgan fingerprint density at radius 1 is 1.11 bits per heavy atom. The van der Waals surface area contributed by atoms with Gasteiger partial charge in [0.15, 0.2) is 0 Å². The molecule has 0 atom stereocenters. The van der Waals surface area contributed by atoms with Crippen molar-refractivity contribution in [2.75, 3.05) is 18.8 Å². The molecule has 0 aliphatic heterocycles. The van der Waals surface area contributed by atoms with E-state index in [4.69, 9.17) is 16.7 Å². The first-order valence-electron chi connectivity index (χ1n) is 8.81. The highest BCUT2D eigenvalue weighted by Gasteiger charge is 2.12. The highest BCUT2D eigenvalue weighted by atomic mass is 35.5. The fourth-order valence-corrected chi connectivity index (χ4v) is 3.83. The Hall–Kier alpha value is -1.50. The molecule has 2 nitrogen and oxygen atoms in total. The second-order valence-electron chi connectivity index (χ2n) is 5.98. The molecular weight excluding hydrogens is 411 g/mol. The molecule has 0 amide bonds. The van der Waals surface area contributed by atoms with E-state index in [9.17, 15) is 4.39 Å². The Kier molecular flexibility index (Phi) is 10.5. The number of nitrogens with zero attached hydrogens (tertiary/aromatic N) is 1. The predicted octanol–water partition coefficient (Wildman–Crippen LogP) is 6.41. The lowest BCUT2D eigenvalue weighted by Crippen LogP contribution is -2.27. The fraction of sp³-hybridized carbons (Fsp3) is 0.182. The summed E-state index contributed by atoms with van der Waals surface area (Å²) in [6, 6.07) is 18.2. The second-order valence-corrected chi connectivity index (χ2v) is 8.26. The molecule has 6 heteroatoms. The van der Waals surface area contributed by atoms with E-state index in [1.807, 2.05) is 42.5 Å². The van der Waals surface area contributed by atoms with Crippen LogP contribution in [0.25, 0.3) is 0 Å². The van der Waals surface area contributed by atoms with E-state index < -0.39 is 0 Å². The summed E-state index contributed by atoms with van der Waals surface area (Å²) in [6.07, 6.45) is 4.72. The first-order valence-corrected chi connectivity index (χ1v) is 11.1. The molecule has 0 unspecified atom stereocenters. The van der Waals surface area contributed by atoms with Gasteiger partial charge < -0.3 is 0 Å². The van der Waals surface area contributed by atoms with Crippen molar-refractivity contribution >= 4 is 35.3 Å². The number of benzene rings is 2. The van der Waals surface area contributed by atoms with Crippen LogP contribution in [0.2, 0.25) is 0 Å². The number of halogens is 2. The van der Waals surface area contributed by atoms with Gasteiger partial charge in [-0.05, 0) is 47.9 Å². The Balaban J connectivity index is 2.04. The number of nitrogens with two attached hydrogens (primary N) is 1. The molecule has 2 aromatic carbocycles. The molecule has 0 aliphatic rings. The van der Waals surface area contributed by atoms with Crippen molar-refractivity contribution in [3.63, 3.8) is 0 Å². The van der Waals surface area contributed by atoms with Crippen LogP contribution >= 0.6 is 35.3 Å². The zero-order chi connectivity index (χ0) is 20.2. The minimum atomic E-state index is -0.349. The van der Waals surface area contributed by atoms with Crippen LogP contribution in [0, 0.1) is 0 Å². The average Bonchev–Trinajstić information content (AvgIpc) is 2.73. The molecule has 0 aliphatic carbocycles. The summed E-state index contributed by atoms with van der Waals surface area (Å²) in [4.78, 5) is 4.26. The summed E-state index contributed by atoms with van der Waals surface area (Å²) in [7, 11) is 0. The second kappa shape index (κ2) is 12.9. The lowest BCUT2D eigenvalue weighted by molar-refractivity contribution is 0.285. The highest BCUT2D eigenvalue weighted by Crippen LogP contribution is 2.20. The monoisotopic (exact) mass is 434 g/mol. The first kappa shape index (κ1) is 22.8. The van der Waals surface area contributed by atoms with Gasteiger partial charge in [-0.1, -0.05) is 60.7 Å². The number of allylic oxidation sites excluding steroid dienone is 4. The number of thioether (sulfide) groups is 1. The molecule has 2 rings (SSSR count). The number of hydrogen-bond donors (Lipinski definition) is 1. The van der Waals surface area contributed by atoms with Crippen molar-refractivity contribution < 1.29 is 4.39 Å². The Morgan fingerprint density at radius 3 is 2.46 bits per heavy atom. The van der Waals surface area contributed by atoms with E-state index in [2.05, 4.69) is 23.6 Å². The van der Waals surface area contributed by atoms with Gasteiger partial charge in [0.25, 0.3) is 0 Å². The summed E-state index contributed by atoms with van der Waals surface area (Å²) in [5.41, 5.74) is 1.10. The normalized spacial score (nSPS) is 12.4. The third-order valence-electron chi connectivity index (χ3n) is 3.89. The van der Waals surface area contributed by atoms with Crippen molar-refractivity contribution in [1.82, 2.24) is 4.90 Å². The molecule has 0 aromatic heterocycles. The third kappa shape index (κ3) is 8.25. The van der Waals surface area contributed by atoms with Gasteiger partial charge in [0.1, 0.15) is 5.83 Å². The van der Waals surface area contributed by atoms with Crippen LogP contribution in [0.5, 0.6) is 0 Å². The van der Waals surface area contributed by atoms with E-state index in [-0.39, 0.29) is 17.4 Å². The molecule has 148 valence electrons. The van der Waals surface area contributed by atoms with E-state index in [0.29, 0.717) is 6.54 Å². The lowest BCUT2D eigenvalue weighted by Gasteiger charge is -2.22. The molecule has 2 N–H and O–H groups in total. The van der Waals surface area contributed by atoms with Crippen molar-refractivity contribution in [2.45, 2.75) is 16.3 Å². The molecule has 0 heterocycles. The average molecular weight is 435 g/mol. The van der Waals surface area contributed by atoms with Gasteiger partial charge in [0, 0.05) is 28.6 Å². The maximum absolute atomic E-state index is 14.5. The van der Waals surface area contributed by atoms with Crippen molar-refractivity contribution in [3.05, 3.63) is 95.8 Å². The van der Waals surface area contributed by atoms with Crippen LogP contribution in [0.1, 0.15) is 5.56 Å². The summed E-state index contributed by atoms with van der Waals surface area (Å²) in [6.45, 7) is 5.10. The SMILES string of the molecule is C=C/C=C\C(Cl)=C(/F)CN(CCSc1ccccc1)Cc1ccc(SN)cc1. The molecule has 0 fully saturated rings. The van der Waals surface area contributed by atoms with Gasteiger partial charge in [-0.2, -0.15) is 0 Å². The molecule has 2 aromatic rings. The van der Waals surface area contributed by atoms with Crippen LogP contribution in [-0.4, -0.2) is 23.7 Å². The molecule has 0 bridgehead atoms. The maximum atomic E-state index is 14.5. The van der Waals surface area contributed by atoms with Crippen LogP contribution in [0.15, 0.2) is 100 Å². The van der Waals surface area contributed by atoms with Gasteiger partial charge >= 0.3 is 0 Å². The topological polar surface area (TPSA) is 29.3 Å². The predicted molar refractivity (Wildman–Crippen MR) is 122 cm³/mol. The quantitative estimate of drug-likeness (QED) is 0.251. The summed E-state index contributed by atoms with van der Waals surface area (Å²) in [5.74, 6) is 0.507. The Bertz CT molecular complexity index is 792. The Morgan fingerprint density at radius 2 is 1.82 bits per heavy atom. The smallest absolute Gasteiger partial charge is 0.132 e. The molecular formula is C22H24ClFN2S2. The fourth-order valence-electron chi connectivity index (χ4n) is 2.47. The van der Waals surface area contributed by atoms with E-state index in [1.165, 1.54) is 22.9 Å². The number of hydrogen-bond acceptors (Lipinski definition) is 4. The molecule has 0 spiro atoms. The summed E-state index contributed by atoms with van der Waals surface area (Å²) in [5, 5.41) is 5.69. The van der Waals surface area contributed by atoms with Crippen LogP contribution in [0.3, 0.4) is 0 Å². The first-order chi connectivity index (χ1) is 13.6. The van der Waals surface area contributed by atoms with Crippen LogP contribution in [-0.2, 0) is 6.54 Å². The van der Waals surface area contributed by atoms with E-state index in [0.717, 1.165) is 22.8 Å². The van der Waals surface area contributed by atoms with Crippen LogP contribution in [0.4, 0.5) is 4.39 Å². The lowest BCUT2D eigenvalue weighted by atomic mass is 10.2. The van der Waals surface area contributed by atoms with Gasteiger partial charge in [-0.3, -0.25) is 10.0 Å². The highest BCUT2D eigenvalue weighted by molar-refractivity contribution is 7.99. The van der Waals surface area contributed by atoms with Crippen LogP contribution < -0.4 is 5.14 Å². The third-order valence-corrected chi connectivity index (χ3v) is 5.75. The summed E-state index contributed by atoms with van der Waals surface area (Å²) >= 11 is 9.02. The number of rotatable bonds is 11.